The van der Waals surface area contributed by atoms with Crippen molar-refractivity contribution in [2.45, 2.75) is 51.1 Å². The van der Waals surface area contributed by atoms with Crippen LogP contribution in [0.4, 0.5) is 5.82 Å². The highest BCUT2D eigenvalue weighted by molar-refractivity contribution is 5.66. The molecular weight excluding hydrogens is 342 g/mol. The van der Waals surface area contributed by atoms with E-state index in [0.29, 0.717) is 11.9 Å². The van der Waals surface area contributed by atoms with E-state index >= 15 is 0 Å². The quantitative estimate of drug-likeness (QED) is 0.769. The van der Waals surface area contributed by atoms with E-state index in [-0.39, 0.29) is 11.6 Å². The van der Waals surface area contributed by atoms with Crippen LogP contribution < -0.4 is 10.5 Å². The molecule has 8 heteroatoms. The Morgan fingerprint density at radius 2 is 2.15 bits per heavy atom. The van der Waals surface area contributed by atoms with Crippen LogP contribution in [0.1, 0.15) is 50.9 Å². The number of aromatic nitrogens is 6. The minimum absolute atomic E-state index is 0.144. The number of pyridine rings is 1. The summed E-state index contributed by atoms with van der Waals surface area (Å²) in [6, 6.07) is 3.95. The molecule has 1 atom stereocenters. The third-order valence-electron chi connectivity index (χ3n) is 5.60. The summed E-state index contributed by atoms with van der Waals surface area (Å²) in [4.78, 5) is 26.2. The molecule has 0 radical (unpaired) electrons. The number of rotatable bonds is 3. The Kier molecular flexibility index (Phi) is 3.77. The third-order valence-corrected chi connectivity index (χ3v) is 5.60. The van der Waals surface area contributed by atoms with Gasteiger partial charge in [-0.05, 0) is 25.3 Å². The average Bonchev–Trinajstić information content (AvgIpc) is 3.38. The van der Waals surface area contributed by atoms with Crippen LogP contribution in [0.15, 0.2) is 35.6 Å². The van der Waals surface area contributed by atoms with E-state index in [1.54, 1.807) is 12.5 Å². The van der Waals surface area contributed by atoms with Gasteiger partial charge in [0.05, 0.1) is 12.2 Å². The Morgan fingerprint density at radius 3 is 2.93 bits per heavy atom. The van der Waals surface area contributed by atoms with Gasteiger partial charge in [0.15, 0.2) is 17.5 Å². The van der Waals surface area contributed by atoms with Gasteiger partial charge in [0.25, 0.3) is 0 Å². The first-order chi connectivity index (χ1) is 13.3. The van der Waals surface area contributed by atoms with Crippen molar-refractivity contribution in [3.8, 4) is 17.1 Å². The fourth-order valence-electron chi connectivity index (χ4n) is 4.37. The molecule has 0 aromatic carbocycles. The molecule has 5 rings (SSSR count). The van der Waals surface area contributed by atoms with Crippen molar-refractivity contribution >= 4 is 5.82 Å². The molecule has 0 unspecified atom stereocenters. The van der Waals surface area contributed by atoms with E-state index in [4.69, 9.17) is 4.98 Å². The highest BCUT2D eigenvalue weighted by atomic mass is 16.1. The predicted molar refractivity (Wildman–Crippen MR) is 101 cm³/mol. The second-order valence-electron chi connectivity index (χ2n) is 7.17. The highest BCUT2D eigenvalue weighted by Crippen LogP contribution is 2.42. The van der Waals surface area contributed by atoms with Gasteiger partial charge in [-0.2, -0.15) is 0 Å². The number of nitrogens with zero attached hydrogens (tertiary/aromatic N) is 6. The average molecular weight is 363 g/mol. The maximum atomic E-state index is 11.7. The normalized spacial score (nSPS) is 19.1. The summed E-state index contributed by atoms with van der Waals surface area (Å²) in [5.74, 6) is 2.42. The fourth-order valence-corrected chi connectivity index (χ4v) is 4.37. The van der Waals surface area contributed by atoms with Gasteiger partial charge in [-0.3, -0.25) is 9.36 Å². The lowest BCUT2D eigenvalue weighted by Crippen LogP contribution is -2.42. The van der Waals surface area contributed by atoms with Crippen molar-refractivity contribution in [3.63, 3.8) is 0 Å². The number of anilines is 1. The van der Waals surface area contributed by atoms with Crippen LogP contribution in [0.25, 0.3) is 17.1 Å². The molecule has 2 aliphatic rings. The van der Waals surface area contributed by atoms with Crippen molar-refractivity contribution < 1.29 is 0 Å². The Morgan fingerprint density at radius 1 is 1.30 bits per heavy atom. The van der Waals surface area contributed by atoms with Gasteiger partial charge in [0.2, 0.25) is 5.56 Å². The molecular formula is C19H21N7O. The Balaban J connectivity index is 1.70. The number of H-pyrrole nitrogens is 1. The lowest BCUT2D eigenvalue weighted by Gasteiger charge is -2.40. The zero-order valence-corrected chi connectivity index (χ0v) is 15.2. The summed E-state index contributed by atoms with van der Waals surface area (Å²) in [7, 11) is 0. The Labute approximate surface area is 156 Å². The second-order valence-corrected chi connectivity index (χ2v) is 7.17. The largest absolute Gasteiger partial charge is 0.342 e. The van der Waals surface area contributed by atoms with Gasteiger partial charge < -0.3 is 9.88 Å². The van der Waals surface area contributed by atoms with Gasteiger partial charge in [0.1, 0.15) is 12.0 Å². The molecule has 3 aromatic rings. The summed E-state index contributed by atoms with van der Waals surface area (Å²) in [6.45, 7) is 2.18. The maximum absolute atomic E-state index is 11.7. The molecule has 138 valence electrons. The number of nitrogens with one attached hydrogen (secondary N) is 1. The summed E-state index contributed by atoms with van der Waals surface area (Å²) in [6.07, 6.45) is 10.9. The van der Waals surface area contributed by atoms with Crippen LogP contribution in [0.5, 0.6) is 0 Å². The standard InChI is InChI=1S/C19H21N7O/c1-2-14-19-24-22-11-25(19)15-10-21-17(12-7-8-20-16(27)9-12)23-18(15)26(14)13-5-3-4-6-13/h7-11,13-14H,2-6H2,1H3,(H,20,27)/t14-/m1/s1. The van der Waals surface area contributed by atoms with Crippen molar-refractivity contribution in [1.82, 2.24) is 29.7 Å². The first-order valence-electron chi connectivity index (χ1n) is 9.51. The fraction of sp³-hybridized carbons (Fsp3) is 0.421. The SMILES string of the molecule is CC[C@@H]1c2nncn2-c2cnc(-c3cc[nH]c(=O)c3)nc2N1C1CCCC1. The number of fused-ring (bicyclic) bond motifs is 3. The minimum Gasteiger partial charge on any atom is -0.342 e. The van der Waals surface area contributed by atoms with Crippen LogP contribution in [0, 0.1) is 0 Å². The van der Waals surface area contributed by atoms with Crippen LogP contribution in [-0.2, 0) is 0 Å². The van der Waals surface area contributed by atoms with Gasteiger partial charge in [-0.15, -0.1) is 10.2 Å². The highest BCUT2D eigenvalue weighted by Gasteiger charge is 2.38. The number of hydrogen-bond donors (Lipinski definition) is 1. The number of aromatic amines is 1. The smallest absolute Gasteiger partial charge is 0.248 e. The zero-order chi connectivity index (χ0) is 18.4. The van der Waals surface area contributed by atoms with Crippen LogP contribution in [0.2, 0.25) is 0 Å². The molecule has 0 saturated heterocycles. The molecule has 1 fully saturated rings. The molecule has 1 aliphatic carbocycles. The summed E-state index contributed by atoms with van der Waals surface area (Å²) >= 11 is 0. The molecule has 0 spiro atoms. The molecule has 27 heavy (non-hydrogen) atoms. The lowest BCUT2D eigenvalue weighted by molar-refractivity contribution is 0.469. The van der Waals surface area contributed by atoms with E-state index in [2.05, 4.69) is 32.0 Å². The van der Waals surface area contributed by atoms with E-state index in [1.165, 1.54) is 18.9 Å². The first kappa shape index (κ1) is 16.2. The van der Waals surface area contributed by atoms with Crippen molar-refractivity contribution in [2.75, 3.05) is 4.90 Å². The van der Waals surface area contributed by atoms with Gasteiger partial charge in [-0.1, -0.05) is 19.8 Å². The molecule has 3 aromatic heterocycles. The molecule has 1 aliphatic heterocycles. The minimum atomic E-state index is -0.158. The number of hydrogen-bond acceptors (Lipinski definition) is 6. The van der Waals surface area contributed by atoms with Crippen molar-refractivity contribution in [1.29, 1.82) is 0 Å². The predicted octanol–water partition coefficient (Wildman–Crippen LogP) is 2.63. The van der Waals surface area contributed by atoms with Crippen LogP contribution in [0.3, 0.4) is 0 Å². The topological polar surface area (TPSA) is 92.6 Å². The summed E-state index contributed by atoms with van der Waals surface area (Å²) < 4.78 is 2.00. The second kappa shape index (κ2) is 6.29. The Bertz CT molecular complexity index is 1030. The van der Waals surface area contributed by atoms with E-state index < -0.39 is 0 Å². The third kappa shape index (κ3) is 2.55. The van der Waals surface area contributed by atoms with Gasteiger partial charge >= 0.3 is 0 Å². The molecule has 0 bridgehead atoms. The zero-order valence-electron chi connectivity index (χ0n) is 15.2. The van der Waals surface area contributed by atoms with E-state index in [1.807, 2.05) is 16.8 Å². The molecule has 1 N–H and O–H groups in total. The van der Waals surface area contributed by atoms with Crippen LogP contribution in [-0.4, -0.2) is 35.8 Å². The summed E-state index contributed by atoms with van der Waals surface area (Å²) in [5.41, 5.74) is 1.46. The Hall–Kier alpha value is -3.03. The van der Waals surface area contributed by atoms with E-state index in [0.717, 1.165) is 42.2 Å². The molecule has 0 amide bonds. The molecule has 4 heterocycles. The van der Waals surface area contributed by atoms with Gasteiger partial charge in [-0.25, -0.2) is 9.97 Å². The molecule has 8 nitrogen and oxygen atoms in total. The maximum Gasteiger partial charge on any atom is 0.248 e. The first-order valence-corrected chi connectivity index (χ1v) is 9.51. The lowest BCUT2D eigenvalue weighted by atomic mass is 10.0. The van der Waals surface area contributed by atoms with Crippen LogP contribution >= 0.6 is 0 Å². The van der Waals surface area contributed by atoms with E-state index in [9.17, 15) is 4.79 Å². The summed E-state index contributed by atoms with van der Waals surface area (Å²) in [5, 5.41) is 8.53. The van der Waals surface area contributed by atoms with Gasteiger partial charge in [0, 0.05) is 23.9 Å². The van der Waals surface area contributed by atoms with Crippen molar-refractivity contribution in [3.05, 3.63) is 47.0 Å². The molecule has 1 saturated carbocycles. The monoisotopic (exact) mass is 363 g/mol. The van der Waals surface area contributed by atoms with Crippen molar-refractivity contribution in [2.24, 2.45) is 0 Å².